The Morgan fingerprint density at radius 3 is 2.53 bits per heavy atom. The molecule has 9 heteroatoms. The fraction of sp³-hybridized carbons (Fsp3) is 0.138. The number of carboxylic acids is 1. The summed E-state index contributed by atoms with van der Waals surface area (Å²) < 4.78 is 17.9. The topological polar surface area (TPSA) is 94.7 Å². The van der Waals surface area contributed by atoms with Gasteiger partial charge in [-0.1, -0.05) is 52.6 Å². The number of pyridine rings is 1. The second-order valence-corrected chi connectivity index (χ2v) is 9.76. The molecule has 1 N–H and O–H groups in total. The zero-order chi connectivity index (χ0) is 26.2. The van der Waals surface area contributed by atoms with Crippen LogP contribution in [0.5, 0.6) is 17.4 Å². The number of rotatable bonds is 8. The van der Waals surface area contributed by atoms with Gasteiger partial charge in [0.15, 0.2) is 5.69 Å². The Morgan fingerprint density at radius 1 is 1.00 bits per heavy atom. The lowest BCUT2D eigenvalue weighted by molar-refractivity contribution is 0.0689. The molecule has 0 spiro atoms. The number of nitrogens with zero attached hydrogens (tertiary/aromatic N) is 2. The molecule has 1 aliphatic carbocycles. The van der Waals surface area contributed by atoms with E-state index in [-0.39, 0.29) is 18.2 Å². The van der Waals surface area contributed by atoms with Crippen LogP contribution in [0.2, 0.25) is 10.0 Å². The zero-order valence-corrected chi connectivity index (χ0v) is 21.4. The molecule has 0 aliphatic heterocycles. The summed E-state index contributed by atoms with van der Waals surface area (Å²) in [5.41, 5.74) is 1.97. The van der Waals surface area contributed by atoms with E-state index >= 15 is 0 Å². The first-order chi connectivity index (χ1) is 18.5. The zero-order valence-electron chi connectivity index (χ0n) is 19.9. The molecule has 0 saturated heterocycles. The molecule has 5 aromatic rings. The van der Waals surface area contributed by atoms with Crippen molar-refractivity contribution in [3.05, 3.63) is 99.9 Å². The smallest absolute Gasteiger partial charge is 0.354 e. The van der Waals surface area contributed by atoms with Gasteiger partial charge in [0.25, 0.3) is 0 Å². The van der Waals surface area contributed by atoms with Crippen LogP contribution in [0, 0.1) is 0 Å². The van der Waals surface area contributed by atoms with Gasteiger partial charge in [-0.2, -0.15) is 0 Å². The quantitative estimate of drug-likeness (QED) is 0.210. The number of halogens is 2. The average molecular weight is 547 g/mol. The molecule has 1 fully saturated rings. The van der Waals surface area contributed by atoms with Crippen LogP contribution in [0.25, 0.3) is 22.0 Å². The fourth-order valence-corrected chi connectivity index (χ4v) is 4.89. The minimum atomic E-state index is -1.12. The Balaban J connectivity index is 1.28. The van der Waals surface area contributed by atoms with Gasteiger partial charge < -0.3 is 19.1 Å². The van der Waals surface area contributed by atoms with Crippen LogP contribution in [0.3, 0.4) is 0 Å². The summed E-state index contributed by atoms with van der Waals surface area (Å²) >= 11 is 12.9. The van der Waals surface area contributed by atoms with E-state index in [9.17, 15) is 9.90 Å². The maximum Gasteiger partial charge on any atom is 0.354 e. The monoisotopic (exact) mass is 546 g/mol. The van der Waals surface area contributed by atoms with Crippen LogP contribution in [-0.4, -0.2) is 21.2 Å². The first kappa shape index (κ1) is 24.3. The van der Waals surface area contributed by atoms with Crippen LogP contribution in [0.15, 0.2) is 77.3 Å². The lowest BCUT2D eigenvalue weighted by atomic mass is 10.0. The van der Waals surface area contributed by atoms with E-state index in [0.717, 1.165) is 34.9 Å². The fourth-order valence-electron chi connectivity index (χ4n) is 4.32. The van der Waals surface area contributed by atoms with Crippen LogP contribution in [-0.2, 0) is 6.61 Å². The normalized spacial score (nSPS) is 13.0. The molecule has 3 aromatic carbocycles. The van der Waals surface area contributed by atoms with E-state index < -0.39 is 5.97 Å². The summed E-state index contributed by atoms with van der Waals surface area (Å²) in [5.74, 6) is 1.41. The maximum atomic E-state index is 11.2. The third-order valence-corrected chi connectivity index (χ3v) is 6.95. The highest BCUT2D eigenvalue weighted by atomic mass is 35.5. The number of carbonyl (C=O) groups is 1. The lowest BCUT2D eigenvalue weighted by Gasteiger charge is -2.12. The molecule has 1 saturated carbocycles. The summed E-state index contributed by atoms with van der Waals surface area (Å²) in [6, 6.07) is 21.2. The van der Waals surface area contributed by atoms with Gasteiger partial charge in [-0.25, -0.2) is 9.78 Å². The molecule has 38 heavy (non-hydrogen) atoms. The van der Waals surface area contributed by atoms with Crippen LogP contribution in [0.4, 0.5) is 0 Å². The summed E-state index contributed by atoms with van der Waals surface area (Å²) in [6.45, 7) is 0.236. The molecular weight excluding hydrogens is 527 g/mol. The number of ether oxygens (including phenoxy) is 2. The highest BCUT2D eigenvalue weighted by Crippen LogP contribution is 2.46. The summed E-state index contributed by atoms with van der Waals surface area (Å²) in [6.07, 6.45) is 2.09. The molecule has 2 aromatic heterocycles. The number of aromatic nitrogens is 2. The van der Waals surface area contributed by atoms with Crippen molar-refractivity contribution in [1.29, 1.82) is 0 Å². The molecule has 0 bridgehead atoms. The molecule has 190 valence electrons. The minimum Gasteiger partial charge on any atom is -0.489 e. The van der Waals surface area contributed by atoms with E-state index in [0.29, 0.717) is 38.7 Å². The second-order valence-electron chi connectivity index (χ2n) is 8.94. The van der Waals surface area contributed by atoms with Crippen molar-refractivity contribution >= 4 is 39.9 Å². The van der Waals surface area contributed by atoms with Crippen molar-refractivity contribution in [2.75, 3.05) is 0 Å². The molecule has 0 amide bonds. The molecule has 1 aliphatic rings. The third-order valence-electron chi connectivity index (χ3n) is 6.32. The summed E-state index contributed by atoms with van der Waals surface area (Å²) in [5, 5.41) is 16.2. The van der Waals surface area contributed by atoms with Crippen molar-refractivity contribution in [1.82, 2.24) is 10.1 Å². The second kappa shape index (κ2) is 10.0. The van der Waals surface area contributed by atoms with E-state index in [1.807, 2.05) is 30.3 Å². The Labute approximate surface area is 227 Å². The number of fused-ring (bicyclic) bond motifs is 1. The molecule has 7 nitrogen and oxygen atoms in total. The predicted octanol–water partition coefficient (Wildman–Crippen LogP) is 8.14. The Kier molecular flexibility index (Phi) is 6.39. The molecule has 0 radical (unpaired) electrons. The first-order valence-corrected chi connectivity index (χ1v) is 12.7. The highest BCUT2D eigenvalue weighted by Gasteiger charge is 2.33. The molecule has 2 heterocycles. The average Bonchev–Trinajstić information content (AvgIpc) is 3.67. The molecular formula is C29H20Cl2N2O5. The third kappa shape index (κ3) is 4.78. The number of carboxylic acid groups (broad SMARTS) is 1. The largest absolute Gasteiger partial charge is 0.489 e. The van der Waals surface area contributed by atoms with Gasteiger partial charge in [0.2, 0.25) is 5.88 Å². The van der Waals surface area contributed by atoms with E-state index in [2.05, 4.69) is 10.1 Å². The van der Waals surface area contributed by atoms with Crippen LogP contribution < -0.4 is 9.47 Å². The van der Waals surface area contributed by atoms with Gasteiger partial charge in [0.05, 0.1) is 15.6 Å². The van der Waals surface area contributed by atoms with Crippen molar-refractivity contribution < 1.29 is 23.9 Å². The molecule has 6 rings (SSSR count). The standard InChI is InChI=1S/C29H20Cl2N2O5/c30-21-5-2-6-22(31)26(21)27-20(28(38-33-27)16-10-11-16)15-36-18-12-13-19-17(14-18)4-1-8-24(19)37-25-9-3-7-23(32-25)29(34)35/h1-9,12-14,16H,10-11,15H2,(H,34,35). The Hall–Kier alpha value is -4.07. The van der Waals surface area contributed by atoms with Crippen molar-refractivity contribution in [3.8, 4) is 28.6 Å². The van der Waals surface area contributed by atoms with Crippen LogP contribution >= 0.6 is 23.2 Å². The number of hydrogen-bond acceptors (Lipinski definition) is 6. The maximum absolute atomic E-state index is 11.2. The van der Waals surface area contributed by atoms with Crippen molar-refractivity contribution in [3.63, 3.8) is 0 Å². The SMILES string of the molecule is O=C(O)c1cccc(Oc2cccc3cc(OCc4c(-c5c(Cl)cccc5Cl)noc4C4CC4)ccc23)n1. The van der Waals surface area contributed by atoms with Gasteiger partial charge in [-0.3, -0.25) is 0 Å². The Bertz CT molecular complexity index is 1660. The van der Waals surface area contributed by atoms with Crippen molar-refractivity contribution in [2.24, 2.45) is 0 Å². The summed E-state index contributed by atoms with van der Waals surface area (Å²) in [4.78, 5) is 15.3. The van der Waals surface area contributed by atoms with E-state index in [1.54, 1.807) is 36.4 Å². The van der Waals surface area contributed by atoms with Crippen LogP contribution in [0.1, 0.15) is 40.6 Å². The number of benzene rings is 3. The Morgan fingerprint density at radius 2 is 1.76 bits per heavy atom. The van der Waals surface area contributed by atoms with E-state index in [4.69, 9.17) is 37.2 Å². The van der Waals surface area contributed by atoms with E-state index in [1.165, 1.54) is 6.07 Å². The summed E-state index contributed by atoms with van der Waals surface area (Å²) in [7, 11) is 0. The molecule has 0 unspecified atom stereocenters. The predicted molar refractivity (Wildman–Crippen MR) is 143 cm³/mol. The van der Waals surface area contributed by atoms with Gasteiger partial charge in [0, 0.05) is 22.9 Å². The number of hydrogen-bond donors (Lipinski definition) is 1. The number of aromatic carboxylic acids is 1. The van der Waals surface area contributed by atoms with Gasteiger partial charge in [-0.15, -0.1) is 0 Å². The van der Waals surface area contributed by atoms with Gasteiger partial charge in [0.1, 0.15) is 29.6 Å². The highest BCUT2D eigenvalue weighted by molar-refractivity contribution is 6.39. The van der Waals surface area contributed by atoms with Crippen molar-refractivity contribution in [2.45, 2.75) is 25.4 Å². The van der Waals surface area contributed by atoms with Gasteiger partial charge in [-0.05, 0) is 60.7 Å². The minimum absolute atomic E-state index is 0.0878. The van der Waals surface area contributed by atoms with Gasteiger partial charge >= 0.3 is 5.97 Å². The molecule has 0 atom stereocenters. The first-order valence-electron chi connectivity index (χ1n) is 11.9. The lowest BCUT2D eigenvalue weighted by Crippen LogP contribution is -2.01.